The Bertz CT molecular complexity index is 514. The van der Waals surface area contributed by atoms with Crippen LogP contribution in [0, 0.1) is 5.92 Å². The molecular weight excluding hydrogens is 306 g/mol. The lowest BCUT2D eigenvalue weighted by Gasteiger charge is -2.36. The van der Waals surface area contributed by atoms with E-state index in [0.29, 0.717) is 17.7 Å². The van der Waals surface area contributed by atoms with E-state index in [1.807, 2.05) is 17.5 Å². The minimum atomic E-state index is 0.308. The van der Waals surface area contributed by atoms with Crippen LogP contribution in [-0.4, -0.2) is 46.9 Å². The zero-order valence-corrected chi connectivity index (χ0v) is 15.3. The number of carbonyl (C=O) groups is 1. The fourth-order valence-corrected chi connectivity index (χ4v) is 4.56. The number of rotatable bonds is 4. The first kappa shape index (κ1) is 16.9. The highest BCUT2D eigenvalue weighted by Crippen LogP contribution is 2.26. The second-order valence-corrected chi connectivity index (χ2v) is 8.39. The van der Waals surface area contributed by atoms with Gasteiger partial charge >= 0.3 is 0 Å². The fourth-order valence-electron chi connectivity index (χ4n) is 3.59. The van der Waals surface area contributed by atoms with Gasteiger partial charge in [-0.2, -0.15) is 0 Å². The van der Waals surface area contributed by atoms with Crippen LogP contribution in [0.2, 0.25) is 0 Å². The summed E-state index contributed by atoms with van der Waals surface area (Å²) in [5.74, 6) is 1.29. The SMILES string of the molecule is CC(C)c1cnc(CN2CCN(C(=O)C3CCCCC3)CC2)s1. The molecule has 0 radical (unpaired) electrons. The maximum absolute atomic E-state index is 12.6. The van der Waals surface area contributed by atoms with E-state index in [4.69, 9.17) is 0 Å². The lowest BCUT2D eigenvalue weighted by atomic mass is 9.88. The van der Waals surface area contributed by atoms with Crippen molar-refractivity contribution >= 4 is 17.2 Å². The highest BCUT2D eigenvalue weighted by molar-refractivity contribution is 7.11. The van der Waals surface area contributed by atoms with Gasteiger partial charge in [-0.15, -0.1) is 11.3 Å². The molecule has 1 aliphatic heterocycles. The topological polar surface area (TPSA) is 36.4 Å². The van der Waals surface area contributed by atoms with Crippen LogP contribution in [0.3, 0.4) is 0 Å². The third kappa shape index (κ3) is 4.32. The Morgan fingerprint density at radius 3 is 2.52 bits per heavy atom. The molecule has 0 unspecified atom stereocenters. The molecule has 0 atom stereocenters. The van der Waals surface area contributed by atoms with Gasteiger partial charge in [0.2, 0.25) is 5.91 Å². The van der Waals surface area contributed by atoms with Gasteiger partial charge in [-0.1, -0.05) is 33.1 Å². The molecule has 2 aliphatic rings. The molecule has 2 fully saturated rings. The van der Waals surface area contributed by atoms with E-state index in [1.165, 1.54) is 29.1 Å². The number of carbonyl (C=O) groups excluding carboxylic acids is 1. The summed E-state index contributed by atoms with van der Waals surface area (Å²) < 4.78 is 0. The van der Waals surface area contributed by atoms with Crippen molar-refractivity contribution in [2.75, 3.05) is 26.2 Å². The van der Waals surface area contributed by atoms with Gasteiger partial charge in [0.05, 0.1) is 6.54 Å². The quantitative estimate of drug-likeness (QED) is 0.845. The Morgan fingerprint density at radius 1 is 1.22 bits per heavy atom. The number of aromatic nitrogens is 1. The second-order valence-electron chi connectivity index (χ2n) is 7.25. The third-order valence-electron chi connectivity index (χ3n) is 5.14. The standard InChI is InChI=1S/C18H29N3OS/c1-14(2)16-12-19-17(23-16)13-20-8-10-21(11-9-20)18(22)15-6-4-3-5-7-15/h12,14-15H,3-11,13H2,1-2H3. The van der Waals surface area contributed by atoms with Gasteiger partial charge in [0, 0.05) is 43.2 Å². The van der Waals surface area contributed by atoms with Crippen molar-refractivity contribution in [3.05, 3.63) is 16.1 Å². The fraction of sp³-hybridized carbons (Fsp3) is 0.778. The lowest BCUT2D eigenvalue weighted by molar-refractivity contribution is -0.138. The number of thiazole rings is 1. The highest BCUT2D eigenvalue weighted by atomic mass is 32.1. The van der Waals surface area contributed by atoms with Crippen LogP contribution in [0.25, 0.3) is 0 Å². The van der Waals surface area contributed by atoms with Gasteiger partial charge in [-0.25, -0.2) is 4.98 Å². The van der Waals surface area contributed by atoms with Gasteiger partial charge in [0.1, 0.15) is 5.01 Å². The van der Waals surface area contributed by atoms with Gasteiger partial charge in [-0.3, -0.25) is 9.69 Å². The molecule has 1 saturated carbocycles. The number of piperazine rings is 1. The van der Waals surface area contributed by atoms with Crippen molar-refractivity contribution in [1.29, 1.82) is 0 Å². The zero-order valence-electron chi connectivity index (χ0n) is 14.5. The summed E-state index contributed by atoms with van der Waals surface area (Å²) in [7, 11) is 0. The van der Waals surface area contributed by atoms with E-state index in [2.05, 4.69) is 28.6 Å². The summed E-state index contributed by atoms with van der Waals surface area (Å²) >= 11 is 1.83. The summed E-state index contributed by atoms with van der Waals surface area (Å²) in [5.41, 5.74) is 0. The summed E-state index contributed by atoms with van der Waals surface area (Å²) in [6.07, 6.45) is 8.01. The van der Waals surface area contributed by atoms with E-state index >= 15 is 0 Å². The molecule has 0 spiro atoms. The molecule has 0 bridgehead atoms. The molecule has 2 heterocycles. The Morgan fingerprint density at radius 2 is 1.91 bits per heavy atom. The summed E-state index contributed by atoms with van der Waals surface area (Å²) in [6.45, 7) is 9.10. The molecular formula is C18H29N3OS. The maximum Gasteiger partial charge on any atom is 0.225 e. The Hall–Kier alpha value is -0.940. The van der Waals surface area contributed by atoms with Crippen molar-refractivity contribution in [2.45, 2.75) is 58.4 Å². The molecule has 1 amide bonds. The van der Waals surface area contributed by atoms with Gasteiger partial charge in [0.15, 0.2) is 0 Å². The van der Waals surface area contributed by atoms with Crippen LogP contribution in [0.1, 0.15) is 61.8 Å². The molecule has 5 heteroatoms. The minimum Gasteiger partial charge on any atom is -0.340 e. The van der Waals surface area contributed by atoms with Gasteiger partial charge in [-0.05, 0) is 18.8 Å². The predicted molar refractivity (Wildman–Crippen MR) is 94.6 cm³/mol. The van der Waals surface area contributed by atoms with Crippen molar-refractivity contribution in [3.8, 4) is 0 Å². The summed E-state index contributed by atoms with van der Waals surface area (Å²) in [4.78, 5) is 23.1. The molecule has 3 rings (SSSR count). The summed E-state index contributed by atoms with van der Waals surface area (Å²) in [5, 5.41) is 1.21. The molecule has 1 aromatic heterocycles. The van der Waals surface area contributed by atoms with Gasteiger partial charge in [0.25, 0.3) is 0 Å². The van der Waals surface area contributed by atoms with Crippen molar-refractivity contribution in [3.63, 3.8) is 0 Å². The largest absolute Gasteiger partial charge is 0.340 e. The lowest BCUT2D eigenvalue weighted by Crippen LogP contribution is -2.50. The molecule has 128 valence electrons. The first-order valence-corrected chi connectivity index (χ1v) is 9.91. The monoisotopic (exact) mass is 335 g/mol. The third-order valence-corrected chi connectivity index (χ3v) is 6.42. The zero-order chi connectivity index (χ0) is 16.2. The first-order valence-electron chi connectivity index (χ1n) is 9.09. The van der Waals surface area contributed by atoms with Crippen LogP contribution in [0.4, 0.5) is 0 Å². The van der Waals surface area contributed by atoms with E-state index < -0.39 is 0 Å². The van der Waals surface area contributed by atoms with Crippen molar-refractivity contribution in [2.24, 2.45) is 5.92 Å². The Kier molecular flexibility index (Phi) is 5.70. The molecule has 1 aliphatic carbocycles. The van der Waals surface area contributed by atoms with E-state index in [0.717, 1.165) is 45.6 Å². The highest BCUT2D eigenvalue weighted by Gasteiger charge is 2.28. The van der Waals surface area contributed by atoms with Gasteiger partial charge < -0.3 is 4.90 Å². The van der Waals surface area contributed by atoms with Crippen LogP contribution < -0.4 is 0 Å². The number of hydrogen-bond donors (Lipinski definition) is 0. The average molecular weight is 336 g/mol. The maximum atomic E-state index is 12.6. The molecule has 23 heavy (non-hydrogen) atoms. The van der Waals surface area contributed by atoms with Crippen LogP contribution in [0.15, 0.2) is 6.20 Å². The molecule has 4 nitrogen and oxygen atoms in total. The van der Waals surface area contributed by atoms with E-state index in [1.54, 1.807) is 0 Å². The van der Waals surface area contributed by atoms with Crippen molar-refractivity contribution < 1.29 is 4.79 Å². The first-order chi connectivity index (χ1) is 11.1. The second kappa shape index (κ2) is 7.75. The van der Waals surface area contributed by atoms with Crippen molar-refractivity contribution in [1.82, 2.24) is 14.8 Å². The molecule has 0 aromatic carbocycles. The molecule has 0 N–H and O–H groups in total. The molecule has 1 aromatic rings. The number of nitrogens with zero attached hydrogens (tertiary/aromatic N) is 3. The van der Waals surface area contributed by atoms with Crippen LogP contribution >= 0.6 is 11.3 Å². The Balaban J connectivity index is 1.47. The Labute approximate surface area is 143 Å². The molecule has 1 saturated heterocycles. The van der Waals surface area contributed by atoms with Crippen LogP contribution in [0.5, 0.6) is 0 Å². The number of hydrogen-bond acceptors (Lipinski definition) is 4. The average Bonchev–Trinajstić information content (AvgIpc) is 3.04. The smallest absolute Gasteiger partial charge is 0.225 e. The summed E-state index contributed by atoms with van der Waals surface area (Å²) in [6, 6.07) is 0. The van der Waals surface area contributed by atoms with E-state index in [-0.39, 0.29) is 0 Å². The number of amides is 1. The minimum absolute atomic E-state index is 0.308. The predicted octanol–water partition coefficient (Wildman–Crippen LogP) is 3.49. The van der Waals surface area contributed by atoms with Crippen LogP contribution in [-0.2, 0) is 11.3 Å². The normalized spacial score (nSPS) is 21.1. The van der Waals surface area contributed by atoms with E-state index in [9.17, 15) is 4.79 Å².